The maximum Gasteiger partial charge on any atom is 0.191 e. The highest BCUT2D eigenvalue weighted by atomic mass is 127. The topological polar surface area (TPSA) is 45.7 Å². The maximum absolute atomic E-state index is 5.85. The average molecular weight is 405 g/mol. The van der Waals surface area contributed by atoms with Crippen molar-refractivity contribution in [1.29, 1.82) is 0 Å². The first-order chi connectivity index (χ1) is 9.30. The van der Waals surface area contributed by atoms with Gasteiger partial charge in [-0.1, -0.05) is 17.7 Å². The Morgan fingerprint density at radius 3 is 2.29 bits per heavy atom. The first-order valence-corrected chi connectivity index (χ1v) is 7.02. The largest absolute Gasteiger partial charge is 0.489 e. The summed E-state index contributed by atoms with van der Waals surface area (Å²) in [6, 6.07) is 8.09. The highest BCUT2D eigenvalue weighted by Crippen LogP contribution is 2.12. The summed E-state index contributed by atoms with van der Waals surface area (Å²) < 4.78 is 5.85. The molecular weight excluding hydrogens is 377 g/mol. The molecule has 4 nitrogen and oxygen atoms in total. The predicted octanol–water partition coefficient (Wildman–Crippen LogP) is 3.34. The molecule has 0 heterocycles. The minimum absolute atomic E-state index is 0. The van der Waals surface area contributed by atoms with Crippen LogP contribution < -0.4 is 15.4 Å². The zero-order valence-electron chi connectivity index (χ0n) is 13.9. The molecule has 0 aliphatic carbocycles. The van der Waals surface area contributed by atoms with Crippen LogP contribution in [0.15, 0.2) is 29.3 Å². The second-order valence-corrected chi connectivity index (χ2v) is 6.07. The number of ether oxygens (including phenoxy) is 1. The third-order valence-electron chi connectivity index (χ3n) is 2.63. The van der Waals surface area contributed by atoms with E-state index < -0.39 is 0 Å². The van der Waals surface area contributed by atoms with Gasteiger partial charge in [-0.25, -0.2) is 0 Å². The van der Waals surface area contributed by atoms with Crippen molar-refractivity contribution in [3.05, 3.63) is 29.8 Å². The van der Waals surface area contributed by atoms with Crippen molar-refractivity contribution >= 4 is 29.9 Å². The molecule has 0 saturated carbocycles. The van der Waals surface area contributed by atoms with Crippen LogP contribution in [0.2, 0.25) is 0 Å². The summed E-state index contributed by atoms with van der Waals surface area (Å²) in [6.07, 6.45) is 0.0659. The van der Waals surface area contributed by atoms with E-state index in [4.69, 9.17) is 4.74 Å². The van der Waals surface area contributed by atoms with Gasteiger partial charge in [0.25, 0.3) is 0 Å². The Morgan fingerprint density at radius 2 is 1.81 bits per heavy atom. The summed E-state index contributed by atoms with van der Waals surface area (Å²) in [7, 11) is 1.77. The van der Waals surface area contributed by atoms with E-state index in [2.05, 4.69) is 55.5 Å². The highest BCUT2D eigenvalue weighted by Gasteiger charge is 2.12. The third-order valence-corrected chi connectivity index (χ3v) is 2.63. The number of halogens is 1. The molecule has 1 rings (SSSR count). The second kappa shape index (κ2) is 9.12. The molecule has 0 bridgehead atoms. The van der Waals surface area contributed by atoms with Gasteiger partial charge in [0.1, 0.15) is 11.9 Å². The smallest absolute Gasteiger partial charge is 0.191 e. The minimum atomic E-state index is -0.0110. The van der Waals surface area contributed by atoms with Crippen molar-refractivity contribution in [1.82, 2.24) is 10.6 Å². The number of aryl methyl sites for hydroxylation is 1. The fourth-order valence-electron chi connectivity index (χ4n) is 1.67. The van der Waals surface area contributed by atoms with Crippen molar-refractivity contribution in [3.8, 4) is 5.75 Å². The first kappa shape index (κ1) is 20.0. The van der Waals surface area contributed by atoms with E-state index >= 15 is 0 Å². The molecule has 120 valence electrons. The number of nitrogens with one attached hydrogen (secondary N) is 2. The fourth-order valence-corrected chi connectivity index (χ4v) is 1.67. The Morgan fingerprint density at radius 1 is 1.24 bits per heavy atom. The van der Waals surface area contributed by atoms with E-state index in [1.54, 1.807) is 7.05 Å². The number of hydrogen-bond acceptors (Lipinski definition) is 2. The number of aliphatic imine (C=N–C) groups is 1. The summed E-state index contributed by atoms with van der Waals surface area (Å²) in [4.78, 5) is 4.20. The molecule has 0 spiro atoms. The van der Waals surface area contributed by atoms with Crippen LogP contribution in [0.25, 0.3) is 0 Å². The van der Waals surface area contributed by atoms with Crippen LogP contribution in [0.5, 0.6) is 5.75 Å². The normalized spacial score (nSPS) is 13.1. The zero-order chi connectivity index (χ0) is 15.2. The summed E-state index contributed by atoms with van der Waals surface area (Å²) in [5, 5.41) is 6.59. The quantitative estimate of drug-likeness (QED) is 0.459. The molecule has 0 radical (unpaired) electrons. The molecule has 0 aliphatic rings. The molecule has 0 saturated heterocycles. The van der Waals surface area contributed by atoms with E-state index in [1.165, 1.54) is 5.56 Å². The molecule has 1 unspecified atom stereocenters. The van der Waals surface area contributed by atoms with Gasteiger partial charge in [0.15, 0.2) is 5.96 Å². The first-order valence-electron chi connectivity index (χ1n) is 7.02. The van der Waals surface area contributed by atoms with E-state index in [9.17, 15) is 0 Å². The van der Waals surface area contributed by atoms with Crippen molar-refractivity contribution in [2.45, 2.75) is 46.3 Å². The highest BCUT2D eigenvalue weighted by molar-refractivity contribution is 14.0. The molecule has 0 aliphatic heterocycles. The van der Waals surface area contributed by atoms with Crippen LogP contribution >= 0.6 is 24.0 Å². The van der Waals surface area contributed by atoms with E-state index in [1.807, 2.05) is 19.1 Å². The molecule has 0 fully saturated rings. The molecule has 2 N–H and O–H groups in total. The Hall–Kier alpha value is -0.980. The Kier molecular flexibility index (Phi) is 8.70. The van der Waals surface area contributed by atoms with Gasteiger partial charge in [-0.3, -0.25) is 4.99 Å². The van der Waals surface area contributed by atoms with Crippen LogP contribution in [-0.4, -0.2) is 31.2 Å². The van der Waals surface area contributed by atoms with E-state index in [0.717, 1.165) is 11.7 Å². The van der Waals surface area contributed by atoms with Gasteiger partial charge in [-0.2, -0.15) is 0 Å². The maximum atomic E-state index is 5.85. The van der Waals surface area contributed by atoms with Crippen LogP contribution in [0.3, 0.4) is 0 Å². The zero-order valence-corrected chi connectivity index (χ0v) is 16.2. The average Bonchev–Trinajstić information content (AvgIpc) is 2.36. The fraction of sp³-hybridized carbons (Fsp3) is 0.562. The van der Waals surface area contributed by atoms with Gasteiger partial charge in [0.2, 0.25) is 0 Å². The Labute approximate surface area is 145 Å². The number of guanidine groups is 1. The summed E-state index contributed by atoms with van der Waals surface area (Å²) in [5.41, 5.74) is 1.22. The molecule has 21 heavy (non-hydrogen) atoms. The summed E-state index contributed by atoms with van der Waals surface area (Å²) >= 11 is 0. The van der Waals surface area contributed by atoms with Crippen molar-refractivity contribution in [3.63, 3.8) is 0 Å². The minimum Gasteiger partial charge on any atom is -0.489 e. The Bertz CT molecular complexity index is 438. The molecule has 5 heteroatoms. The van der Waals surface area contributed by atoms with Crippen LogP contribution in [-0.2, 0) is 0 Å². The molecule has 0 amide bonds. The van der Waals surface area contributed by atoms with Gasteiger partial charge in [-0.15, -0.1) is 24.0 Å². The molecule has 1 atom stereocenters. The number of hydrogen-bond donors (Lipinski definition) is 2. The van der Waals surface area contributed by atoms with Crippen LogP contribution in [0.4, 0.5) is 0 Å². The number of nitrogens with zero attached hydrogens (tertiary/aromatic N) is 1. The van der Waals surface area contributed by atoms with Gasteiger partial charge < -0.3 is 15.4 Å². The lowest BCUT2D eigenvalue weighted by molar-refractivity contribution is 0.223. The van der Waals surface area contributed by atoms with Crippen molar-refractivity contribution in [2.24, 2.45) is 4.99 Å². The third kappa shape index (κ3) is 8.80. The lowest BCUT2D eigenvalue weighted by Gasteiger charge is -2.25. The SMILES string of the molecule is CN=C(NCC(C)Oc1ccc(C)cc1)NC(C)(C)C.I. The van der Waals surface area contributed by atoms with E-state index in [-0.39, 0.29) is 35.6 Å². The standard InChI is InChI=1S/C16H27N3O.HI/c1-12-7-9-14(10-8-12)20-13(2)11-18-15(17-6)19-16(3,4)5;/h7-10,13H,11H2,1-6H3,(H2,17,18,19);1H. The lowest BCUT2D eigenvalue weighted by atomic mass is 10.1. The number of rotatable bonds is 4. The van der Waals surface area contributed by atoms with Gasteiger partial charge in [-0.05, 0) is 46.8 Å². The van der Waals surface area contributed by atoms with Crippen LogP contribution in [0, 0.1) is 6.92 Å². The van der Waals surface area contributed by atoms with Crippen molar-refractivity contribution in [2.75, 3.05) is 13.6 Å². The van der Waals surface area contributed by atoms with Crippen molar-refractivity contribution < 1.29 is 4.74 Å². The molecular formula is C16H28IN3O. The summed E-state index contributed by atoms with van der Waals surface area (Å²) in [6.45, 7) is 11.1. The van der Waals surface area contributed by atoms with Crippen LogP contribution in [0.1, 0.15) is 33.3 Å². The monoisotopic (exact) mass is 405 g/mol. The second-order valence-electron chi connectivity index (χ2n) is 6.07. The van der Waals surface area contributed by atoms with E-state index in [0.29, 0.717) is 6.54 Å². The Balaban J connectivity index is 0.00000400. The van der Waals surface area contributed by atoms with Gasteiger partial charge in [0, 0.05) is 12.6 Å². The lowest BCUT2D eigenvalue weighted by Crippen LogP contribution is -2.49. The summed E-state index contributed by atoms with van der Waals surface area (Å²) in [5.74, 6) is 1.68. The predicted molar refractivity (Wildman–Crippen MR) is 101 cm³/mol. The van der Waals surface area contributed by atoms with Gasteiger partial charge >= 0.3 is 0 Å². The number of benzene rings is 1. The molecule has 1 aromatic carbocycles. The van der Waals surface area contributed by atoms with Gasteiger partial charge in [0.05, 0.1) is 6.54 Å². The molecule has 0 aromatic heterocycles. The molecule has 1 aromatic rings.